The first kappa shape index (κ1) is 11.3. The lowest BCUT2D eigenvalue weighted by atomic mass is 10.1. The summed E-state index contributed by atoms with van der Waals surface area (Å²) in [6, 6.07) is 4.08. The number of hydrogen-bond donors (Lipinski definition) is 1. The Kier molecular flexibility index (Phi) is 3.69. The van der Waals surface area contributed by atoms with E-state index in [1.54, 1.807) is 22.7 Å². The van der Waals surface area contributed by atoms with Crippen molar-refractivity contribution in [1.29, 1.82) is 0 Å². The number of thiazole rings is 1. The smallest absolute Gasteiger partial charge is 0.303 e. The molecule has 84 valence electrons. The molecule has 2 heterocycles. The predicted molar refractivity (Wildman–Crippen MR) is 66.0 cm³/mol. The molecule has 0 aliphatic heterocycles. The third-order valence-electron chi connectivity index (χ3n) is 2.19. The highest BCUT2D eigenvalue weighted by Crippen LogP contribution is 2.31. The summed E-state index contributed by atoms with van der Waals surface area (Å²) < 4.78 is 0. The average Bonchev–Trinajstić information content (AvgIpc) is 2.84. The van der Waals surface area contributed by atoms with Crippen LogP contribution in [0.15, 0.2) is 23.0 Å². The molecule has 0 fully saturated rings. The summed E-state index contributed by atoms with van der Waals surface area (Å²) in [7, 11) is 0. The number of carboxylic acids is 1. The third kappa shape index (κ3) is 2.68. The molecule has 0 unspecified atom stereocenters. The van der Waals surface area contributed by atoms with Crippen molar-refractivity contribution in [3.63, 3.8) is 0 Å². The van der Waals surface area contributed by atoms with Gasteiger partial charge in [-0.05, 0) is 24.3 Å². The Morgan fingerprint density at radius 2 is 2.31 bits per heavy atom. The van der Waals surface area contributed by atoms with Crippen LogP contribution in [-0.2, 0) is 11.2 Å². The number of nitrogens with zero attached hydrogens (tertiary/aromatic N) is 1. The van der Waals surface area contributed by atoms with Gasteiger partial charge in [-0.3, -0.25) is 4.79 Å². The fraction of sp³-hybridized carbons (Fsp3) is 0.273. The molecule has 0 radical (unpaired) electrons. The van der Waals surface area contributed by atoms with Crippen molar-refractivity contribution in [2.45, 2.75) is 19.3 Å². The maximum absolute atomic E-state index is 10.4. The van der Waals surface area contributed by atoms with Crippen molar-refractivity contribution in [3.05, 3.63) is 28.7 Å². The van der Waals surface area contributed by atoms with E-state index in [9.17, 15) is 4.79 Å². The maximum atomic E-state index is 10.4. The van der Waals surface area contributed by atoms with Gasteiger partial charge >= 0.3 is 5.97 Å². The lowest BCUT2D eigenvalue weighted by Crippen LogP contribution is -1.96. The van der Waals surface area contributed by atoms with Crippen LogP contribution in [0.5, 0.6) is 0 Å². The van der Waals surface area contributed by atoms with E-state index in [4.69, 9.17) is 5.11 Å². The standard InChI is InChI=1S/C11H11NO2S2/c13-10(14)5-1-3-8-11(16-7-12-8)9-4-2-6-15-9/h2,4,6-7H,1,3,5H2,(H,13,14). The second-order valence-corrected chi connectivity index (χ2v) is 5.16. The fourth-order valence-corrected chi connectivity index (χ4v) is 3.20. The Balaban J connectivity index is 2.05. The SMILES string of the molecule is O=C(O)CCCc1ncsc1-c1cccs1. The first-order chi connectivity index (χ1) is 7.77. The lowest BCUT2D eigenvalue weighted by molar-refractivity contribution is -0.137. The van der Waals surface area contributed by atoms with Gasteiger partial charge in [0.25, 0.3) is 0 Å². The number of aliphatic carboxylic acids is 1. The number of carbonyl (C=O) groups is 1. The predicted octanol–water partition coefficient (Wildman–Crippen LogP) is 3.28. The minimum atomic E-state index is -0.743. The summed E-state index contributed by atoms with van der Waals surface area (Å²) in [5.74, 6) is -0.743. The van der Waals surface area contributed by atoms with E-state index in [1.807, 2.05) is 17.0 Å². The molecule has 0 saturated heterocycles. The van der Waals surface area contributed by atoms with Gasteiger partial charge in [0.1, 0.15) is 0 Å². The van der Waals surface area contributed by atoms with Gasteiger partial charge in [-0.2, -0.15) is 0 Å². The molecular weight excluding hydrogens is 242 g/mol. The minimum Gasteiger partial charge on any atom is -0.481 e. The van der Waals surface area contributed by atoms with Crippen molar-refractivity contribution < 1.29 is 9.90 Å². The number of thiophene rings is 1. The van der Waals surface area contributed by atoms with Crippen molar-refractivity contribution in [3.8, 4) is 9.75 Å². The highest BCUT2D eigenvalue weighted by Gasteiger charge is 2.09. The maximum Gasteiger partial charge on any atom is 0.303 e. The number of carboxylic acid groups (broad SMARTS) is 1. The molecular formula is C11H11NO2S2. The summed E-state index contributed by atoms with van der Waals surface area (Å²) in [5, 5.41) is 10.6. The molecule has 0 saturated carbocycles. The van der Waals surface area contributed by atoms with Gasteiger partial charge in [0.15, 0.2) is 0 Å². The largest absolute Gasteiger partial charge is 0.481 e. The van der Waals surface area contributed by atoms with E-state index >= 15 is 0 Å². The minimum absolute atomic E-state index is 0.210. The van der Waals surface area contributed by atoms with Crippen molar-refractivity contribution in [1.82, 2.24) is 4.98 Å². The Morgan fingerprint density at radius 1 is 1.44 bits per heavy atom. The van der Waals surface area contributed by atoms with Crippen LogP contribution in [0.4, 0.5) is 0 Å². The molecule has 2 aromatic heterocycles. The highest BCUT2D eigenvalue weighted by molar-refractivity contribution is 7.20. The molecule has 3 nitrogen and oxygen atoms in total. The molecule has 0 bridgehead atoms. The highest BCUT2D eigenvalue weighted by atomic mass is 32.1. The average molecular weight is 253 g/mol. The first-order valence-electron chi connectivity index (χ1n) is 4.95. The number of aryl methyl sites for hydroxylation is 1. The first-order valence-corrected chi connectivity index (χ1v) is 6.71. The van der Waals surface area contributed by atoms with Gasteiger partial charge in [0.2, 0.25) is 0 Å². The van der Waals surface area contributed by atoms with Crippen LogP contribution >= 0.6 is 22.7 Å². The Bertz CT molecular complexity index is 462. The lowest BCUT2D eigenvalue weighted by Gasteiger charge is -1.98. The molecule has 2 aromatic rings. The van der Waals surface area contributed by atoms with Crippen LogP contribution < -0.4 is 0 Å². The third-order valence-corrected chi connectivity index (χ3v) is 4.11. The van der Waals surface area contributed by atoms with Crippen LogP contribution in [0.3, 0.4) is 0 Å². The van der Waals surface area contributed by atoms with E-state index in [0.29, 0.717) is 6.42 Å². The number of aromatic nitrogens is 1. The molecule has 2 rings (SSSR count). The summed E-state index contributed by atoms with van der Waals surface area (Å²) >= 11 is 3.31. The van der Waals surface area contributed by atoms with E-state index in [1.165, 1.54) is 9.75 Å². The molecule has 0 spiro atoms. The van der Waals surface area contributed by atoms with Gasteiger partial charge in [0.05, 0.1) is 16.1 Å². The van der Waals surface area contributed by atoms with Crippen LogP contribution in [0.25, 0.3) is 9.75 Å². The van der Waals surface area contributed by atoms with E-state index < -0.39 is 5.97 Å². The van der Waals surface area contributed by atoms with Gasteiger partial charge in [-0.25, -0.2) is 4.98 Å². The zero-order valence-corrected chi connectivity index (χ0v) is 10.2. The molecule has 0 aliphatic rings. The molecule has 0 amide bonds. The van der Waals surface area contributed by atoms with Crippen molar-refractivity contribution >= 4 is 28.6 Å². The van der Waals surface area contributed by atoms with Gasteiger partial charge < -0.3 is 5.11 Å². The zero-order chi connectivity index (χ0) is 11.4. The topological polar surface area (TPSA) is 50.2 Å². The Morgan fingerprint density at radius 3 is 3.00 bits per heavy atom. The summed E-state index contributed by atoms with van der Waals surface area (Å²) in [4.78, 5) is 17.1. The van der Waals surface area contributed by atoms with Crippen molar-refractivity contribution in [2.75, 3.05) is 0 Å². The fourth-order valence-electron chi connectivity index (χ4n) is 1.46. The van der Waals surface area contributed by atoms with E-state index in [2.05, 4.69) is 11.1 Å². The summed E-state index contributed by atoms with van der Waals surface area (Å²) in [6.07, 6.45) is 1.60. The molecule has 5 heteroatoms. The second-order valence-electron chi connectivity index (χ2n) is 3.35. The Hall–Kier alpha value is -1.20. The van der Waals surface area contributed by atoms with Gasteiger partial charge in [-0.15, -0.1) is 22.7 Å². The van der Waals surface area contributed by atoms with Crippen LogP contribution in [0.1, 0.15) is 18.5 Å². The summed E-state index contributed by atoms with van der Waals surface area (Å²) in [6.45, 7) is 0. The summed E-state index contributed by atoms with van der Waals surface area (Å²) in [5.41, 5.74) is 2.85. The second kappa shape index (κ2) is 5.23. The van der Waals surface area contributed by atoms with E-state index in [-0.39, 0.29) is 6.42 Å². The Labute approximate surface area is 101 Å². The number of hydrogen-bond acceptors (Lipinski definition) is 4. The normalized spacial score (nSPS) is 10.5. The molecule has 0 atom stereocenters. The van der Waals surface area contributed by atoms with Crippen LogP contribution in [0.2, 0.25) is 0 Å². The molecule has 0 aromatic carbocycles. The van der Waals surface area contributed by atoms with Crippen LogP contribution in [0, 0.1) is 0 Å². The molecule has 0 aliphatic carbocycles. The monoisotopic (exact) mass is 253 g/mol. The van der Waals surface area contributed by atoms with Gasteiger partial charge in [-0.1, -0.05) is 6.07 Å². The quantitative estimate of drug-likeness (QED) is 0.889. The molecule has 16 heavy (non-hydrogen) atoms. The zero-order valence-electron chi connectivity index (χ0n) is 8.55. The number of rotatable bonds is 5. The van der Waals surface area contributed by atoms with Crippen molar-refractivity contribution in [2.24, 2.45) is 0 Å². The van der Waals surface area contributed by atoms with E-state index in [0.717, 1.165) is 12.1 Å². The molecule has 1 N–H and O–H groups in total. The van der Waals surface area contributed by atoms with Crippen LogP contribution in [-0.4, -0.2) is 16.1 Å². The van der Waals surface area contributed by atoms with Gasteiger partial charge in [0, 0.05) is 11.3 Å².